The van der Waals surface area contributed by atoms with Crippen molar-refractivity contribution in [1.82, 2.24) is 0 Å². The van der Waals surface area contributed by atoms with Gasteiger partial charge in [-0.2, -0.15) is 0 Å². The van der Waals surface area contributed by atoms with Gasteiger partial charge in [0.05, 0.1) is 25.3 Å². The van der Waals surface area contributed by atoms with Gasteiger partial charge in [-0.15, -0.1) is 0 Å². The third-order valence-corrected chi connectivity index (χ3v) is 3.32. The molecule has 0 bridgehead atoms. The highest BCUT2D eigenvalue weighted by molar-refractivity contribution is 6.16. The summed E-state index contributed by atoms with van der Waals surface area (Å²) < 4.78 is 16.6. The van der Waals surface area contributed by atoms with Crippen molar-refractivity contribution in [2.45, 2.75) is 6.92 Å². The van der Waals surface area contributed by atoms with E-state index in [0.29, 0.717) is 28.4 Å². The van der Waals surface area contributed by atoms with Crippen molar-refractivity contribution < 1.29 is 18.7 Å². The van der Waals surface area contributed by atoms with Crippen LogP contribution in [-0.2, 0) is 4.79 Å². The lowest BCUT2D eigenvalue weighted by Gasteiger charge is -2.06. The number of hydrogen-bond acceptors (Lipinski definition) is 4. The topological polar surface area (TPSA) is 60.7 Å². The Bertz CT molecular complexity index is 835. The number of methoxy groups -OCH3 is 2. The minimum Gasteiger partial charge on any atom is -0.493 e. The lowest BCUT2D eigenvalue weighted by molar-refractivity contribution is -0.114. The zero-order chi connectivity index (χ0) is 15.0. The Kier molecular flexibility index (Phi) is 3.17. The summed E-state index contributed by atoms with van der Waals surface area (Å²) in [7, 11) is 3.17. The smallest absolute Gasteiger partial charge is 0.221 e. The van der Waals surface area contributed by atoms with Crippen LogP contribution in [0.3, 0.4) is 0 Å². The first kappa shape index (κ1) is 13.3. The number of hydrogen-bond donors (Lipinski definition) is 1. The lowest BCUT2D eigenvalue weighted by atomic mass is 10.1. The van der Waals surface area contributed by atoms with Crippen LogP contribution >= 0.6 is 0 Å². The first-order chi connectivity index (χ1) is 10.2. The second-order valence-corrected chi connectivity index (χ2v) is 4.64. The first-order valence-corrected chi connectivity index (χ1v) is 6.49. The first-order valence-electron chi connectivity index (χ1n) is 6.49. The van der Waals surface area contributed by atoms with Crippen LogP contribution in [0.4, 0.5) is 5.69 Å². The van der Waals surface area contributed by atoms with Crippen LogP contribution in [0.2, 0.25) is 0 Å². The average Bonchev–Trinajstić information content (AvgIpc) is 2.86. The summed E-state index contributed by atoms with van der Waals surface area (Å²) in [4.78, 5) is 11.4. The third-order valence-electron chi connectivity index (χ3n) is 3.32. The van der Waals surface area contributed by atoms with Crippen LogP contribution in [0.1, 0.15) is 6.92 Å². The van der Waals surface area contributed by atoms with Gasteiger partial charge in [0.25, 0.3) is 0 Å². The maximum Gasteiger partial charge on any atom is 0.221 e. The molecule has 1 aromatic heterocycles. The number of amides is 1. The van der Waals surface area contributed by atoms with Gasteiger partial charge in [0.2, 0.25) is 5.91 Å². The molecule has 0 spiro atoms. The summed E-state index contributed by atoms with van der Waals surface area (Å²) in [6.07, 6.45) is 0. The summed E-state index contributed by atoms with van der Waals surface area (Å²) in [5, 5.41) is 4.49. The van der Waals surface area contributed by atoms with Gasteiger partial charge in [0, 0.05) is 12.3 Å². The molecule has 1 N–H and O–H groups in total. The molecule has 21 heavy (non-hydrogen) atoms. The molecular formula is C16H15NO4. The number of fused-ring (bicyclic) bond motifs is 3. The molecule has 0 aliphatic heterocycles. The Balaban J connectivity index is 2.43. The van der Waals surface area contributed by atoms with Gasteiger partial charge >= 0.3 is 0 Å². The summed E-state index contributed by atoms with van der Waals surface area (Å²) in [6, 6.07) is 9.20. The zero-order valence-electron chi connectivity index (χ0n) is 12.0. The van der Waals surface area contributed by atoms with Crippen molar-refractivity contribution in [3.05, 3.63) is 30.3 Å². The third kappa shape index (κ3) is 2.07. The van der Waals surface area contributed by atoms with E-state index in [4.69, 9.17) is 13.9 Å². The number of rotatable bonds is 3. The van der Waals surface area contributed by atoms with Crippen molar-refractivity contribution in [3.8, 4) is 11.5 Å². The van der Waals surface area contributed by atoms with E-state index in [0.717, 1.165) is 10.8 Å². The van der Waals surface area contributed by atoms with Crippen LogP contribution in [-0.4, -0.2) is 20.1 Å². The van der Waals surface area contributed by atoms with Gasteiger partial charge in [0.1, 0.15) is 0 Å². The van der Waals surface area contributed by atoms with Crippen LogP contribution in [0.15, 0.2) is 34.7 Å². The Morgan fingerprint density at radius 2 is 1.76 bits per heavy atom. The highest BCUT2D eigenvalue weighted by Crippen LogP contribution is 2.42. The molecule has 108 valence electrons. The summed E-state index contributed by atoms with van der Waals surface area (Å²) in [6.45, 7) is 1.47. The van der Waals surface area contributed by atoms with Crippen molar-refractivity contribution in [1.29, 1.82) is 0 Å². The highest BCUT2D eigenvalue weighted by atomic mass is 16.5. The molecule has 3 aromatic rings. The van der Waals surface area contributed by atoms with Crippen molar-refractivity contribution in [3.63, 3.8) is 0 Å². The summed E-state index contributed by atoms with van der Waals surface area (Å²) >= 11 is 0. The van der Waals surface area contributed by atoms with E-state index in [2.05, 4.69) is 5.32 Å². The average molecular weight is 285 g/mol. The molecule has 5 nitrogen and oxygen atoms in total. The molecule has 0 aliphatic carbocycles. The fraction of sp³-hybridized carbons (Fsp3) is 0.188. The number of anilines is 1. The quantitative estimate of drug-likeness (QED) is 0.799. The lowest BCUT2D eigenvalue weighted by Crippen LogP contribution is -2.05. The molecule has 0 radical (unpaired) electrons. The van der Waals surface area contributed by atoms with E-state index in [1.165, 1.54) is 6.92 Å². The number of para-hydroxylation sites is 1. The minimum atomic E-state index is -0.140. The van der Waals surface area contributed by atoms with E-state index < -0.39 is 0 Å². The minimum absolute atomic E-state index is 0.140. The van der Waals surface area contributed by atoms with Gasteiger partial charge in [-0.1, -0.05) is 12.1 Å². The zero-order valence-corrected chi connectivity index (χ0v) is 12.0. The molecule has 0 fully saturated rings. The van der Waals surface area contributed by atoms with Gasteiger partial charge in [-0.25, -0.2) is 0 Å². The standard InChI is InChI=1S/C16H15NO4/c1-9(18)17-11-7-8-13(20-3)16-14(11)10-5-4-6-12(19-2)15(10)21-16/h4-8H,1-3H3,(H,17,18). The second kappa shape index (κ2) is 5.01. The number of carbonyl (C=O) groups is 1. The van der Waals surface area contributed by atoms with Gasteiger partial charge in [-0.3, -0.25) is 4.79 Å². The largest absolute Gasteiger partial charge is 0.493 e. The SMILES string of the molecule is COc1cccc2c1oc1c(OC)ccc(NC(C)=O)c12. The maximum atomic E-state index is 11.4. The van der Waals surface area contributed by atoms with Crippen molar-refractivity contribution >= 4 is 33.5 Å². The van der Waals surface area contributed by atoms with Crippen LogP contribution in [0.5, 0.6) is 11.5 Å². The predicted octanol–water partition coefficient (Wildman–Crippen LogP) is 3.56. The molecular weight excluding hydrogens is 270 g/mol. The van der Waals surface area contributed by atoms with Gasteiger partial charge in [-0.05, 0) is 18.2 Å². The fourth-order valence-electron chi connectivity index (χ4n) is 2.47. The summed E-state index contributed by atoms with van der Waals surface area (Å²) in [5.41, 5.74) is 1.90. The Morgan fingerprint density at radius 1 is 1.05 bits per heavy atom. The number of ether oxygens (including phenoxy) is 2. The number of benzene rings is 2. The number of nitrogens with one attached hydrogen (secondary N) is 1. The number of carbonyl (C=O) groups excluding carboxylic acids is 1. The maximum absolute atomic E-state index is 11.4. The molecule has 0 unspecified atom stereocenters. The van der Waals surface area contributed by atoms with E-state index >= 15 is 0 Å². The van der Waals surface area contributed by atoms with Crippen molar-refractivity contribution in [2.75, 3.05) is 19.5 Å². The Labute approximate surface area is 121 Å². The highest BCUT2D eigenvalue weighted by Gasteiger charge is 2.18. The second-order valence-electron chi connectivity index (χ2n) is 4.64. The molecule has 0 saturated heterocycles. The molecule has 0 atom stereocenters. The monoisotopic (exact) mass is 285 g/mol. The van der Waals surface area contributed by atoms with Gasteiger partial charge < -0.3 is 19.2 Å². The van der Waals surface area contributed by atoms with E-state index in [1.54, 1.807) is 26.4 Å². The Morgan fingerprint density at radius 3 is 2.43 bits per heavy atom. The van der Waals surface area contributed by atoms with Gasteiger partial charge in [0.15, 0.2) is 22.7 Å². The molecule has 0 saturated carbocycles. The van der Waals surface area contributed by atoms with E-state index in [9.17, 15) is 4.79 Å². The van der Waals surface area contributed by atoms with Crippen LogP contribution < -0.4 is 14.8 Å². The molecule has 2 aromatic carbocycles. The van der Waals surface area contributed by atoms with E-state index in [-0.39, 0.29) is 5.91 Å². The normalized spacial score (nSPS) is 10.8. The predicted molar refractivity (Wildman–Crippen MR) is 81.1 cm³/mol. The van der Waals surface area contributed by atoms with Crippen LogP contribution in [0.25, 0.3) is 21.9 Å². The summed E-state index contributed by atoms with van der Waals surface area (Å²) in [5.74, 6) is 1.11. The molecule has 3 rings (SSSR count). The van der Waals surface area contributed by atoms with Crippen LogP contribution in [0, 0.1) is 0 Å². The Hall–Kier alpha value is -2.69. The molecule has 5 heteroatoms. The van der Waals surface area contributed by atoms with Crippen molar-refractivity contribution in [2.24, 2.45) is 0 Å². The molecule has 1 heterocycles. The molecule has 0 aliphatic rings. The fourth-order valence-corrected chi connectivity index (χ4v) is 2.47. The number of furan rings is 1. The molecule has 1 amide bonds. The van der Waals surface area contributed by atoms with E-state index in [1.807, 2.05) is 18.2 Å².